The standard InChI is InChI=1S/C27H24BrNO4/c1-18-7-6-10-24(29(18)21-12-14-25(32-2)23(16-21)27(30)31)22-15-20(28)11-13-26(22)33-17-19-8-4-3-5-9-19/h3-5,7-16H,6,17H2,1-2H3,(H,30,31). The van der Waals surface area contributed by atoms with Gasteiger partial charge in [-0.2, -0.15) is 0 Å². The molecule has 0 fully saturated rings. The van der Waals surface area contributed by atoms with Crippen LogP contribution in [0.5, 0.6) is 11.5 Å². The van der Waals surface area contributed by atoms with Gasteiger partial charge in [0.25, 0.3) is 0 Å². The quantitative estimate of drug-likeness (QED) is 0.378. The minimum atomic E-state index is -1.03. The number of methoxy groups -OCH3 is 1. The van der Waals surface area contributed by atoms with Gasteiger partial charge in [0.05, 0.1) is 12.8 Å². The lowest BCUT2D eigenvalue weighted by Gasteiger charge is -2.32. The highest BCUT2D eigenvalue weighted by Crippen LogP contribution is 2.40. The van der Waals surface area contributed by atoms with Gasteiger partial charge in [-0.25, -0.2) is 4.79 Å². The fraction of sp³-hybridized carbons (Fsp3) is 0.148. The van der Waals surface area contributed by atoms with Crippen LogP contribution in [0.2, 0.25) is 0 Å². The Morgan fingerprint density at radius 1 is 1.03 bits per heavy atom. The summed E-state index contributed by atoms with van der Waals surface area (Å²) in [6.07, 6.45) is 5.00. The van der Waals surface area contributed by atoms with Crippen LogP contribution < -0.4 is 14.4 Å². The van der Waals surface area contributed by atoms with E-state index < -0.39 is 5.97 Å². The monoisotopic (exact) mass is 505 g/mol. The van der Waals surface area contributed by atoms with E-state index in [4.69, 9.17) is 9.47 Å². The van der Waals surface area contributed by atoms with Crippen LogP contribution in [0.4, 0.5) is 5.69 Å². The molecule has 168 valence electrons. The molecule has 1 aliphatic rings. The Hall–Kier alpha value is -3.51. The molecule has 3 aromatic carbocycles. The van der Waals surface area contributed by atoms with Crippen molar-refractivity contribution in [3.63, 3.8) is 0 Å². The summed E-state index contributed by atoms with van der Waals surface area (Å²) in [5.74, 6) is 0.0388. The summed E-state index contributed by atoms with van der Waals surface area (Å²) in [7, 11) is 1.47. The fourth-order valence-corrected chi connectivity index (χ4v) is 4.21. The number of nitrogens with zero attached hydrogens (tertiary/aromatic N) is 1. The zero-order valence-corrected chi connectivity index (χ0v) is 20.0. The smallest absolute Gasteiger partial charge is 0.339 e. The number of aromatic carboxylic acids is 1. The first-order valence-corrected chi connectivity index (χ1v) is 11.3. The van der Waals surface area contributed by atoms with Crippen molar-refractivity contribution < 1.29 is 19.4 Å². The molecule has 0 aliphatic carbocycles. The van der Waals surface area contributed by atoms with E-state index in [0.717, 1.165) is 44.9 Å². The van der Waals surface area contributed by atoms with Crippen LogP contribution in [0.25, 0.3) is 5.70 Å². The number of allylic oxidation sites excluding steroid dienone is 3. The summed E-state index contributed by atoms with van der Waals surface area (Å²) in [5.41, 5.74) is 4.78. The van der Waals surface area contributed by atoms with Crippen LogP contribution in [-0.4, -0.2) is 18.2 Å². The molecular formula is C27H24BrNO4. The van der Waals surface area contributed by atoms with E-state index in [1.165, 1.54) is 7.11 Å². The minimum absolute atomic E-state index is 0.113. The van der Waals surface area contributed by atoms with Gasteiger partial charge in [-0.05, 0) is 55.3 Å². The van der Waals surface area contributed by atoms with Gasteiger partial charge in [0, 0.05) is 21.4 Å². The van der Waals surface area contributed by atoms with Crippen LogP contribution >= 0.6 is 15.9 Å². The average molecular weight is 506 g/mol. The molecular weight excluding hydrogens is 482 g/mol. The van der Waals surface area contributed by atoms with Gasteiger partial charge in [-0.3, -0.25) is 0 Å². The molecule has 0 saturated heterocycles. The topological polar surface area (TPSA) is 59.0 Å². The van der Waals surface area contributed by atoms with Gasteiger partial charge in [0.1, 0.15) is 23.7 Å². The van der Waals surface area contributed by atoms with Gasteiger partial charge in [0.15, 0.2) is 0 Å². The normalized spacial score (nSPS) is 13.2. The Morgan fingerprint density at radius 3 is 2.52 bits per heavy atom. The van der Waals surface area contributed by atoms with Crippen LogP contribution in [-0.2, 0) is 6.61 Å². The van der Waals surface area contributed by atoms with E-state index in [-0.39, 0.29) is 5.56 Å². The SMILES string of the molecule is COc1ccc(N2C(C)=CCC=C2c2cc(Br)ccc2OCc2ccccc2)cc1C(=O)O. The number of carbonyl (C=O) groups is 1. The number of rotatable bonds is 7. The van der Waals surface area contributed by atoms with Gasteiger partial charge in [-0.15, -0.1) is 0 Å². The van der Waals surface area contributed by atoms with Gasteiger partial charge >= 0.3 is 5.97 Å². The van der Waals surface area contributed by atoms with Crippen molar-refractivity contribution in [3.8, 4) is 11.5 Å². The molecule has 6 heteroatoms. The van der Waals surface area contributed by atoms with E-state index in [1.54, 1.807) is 12.1 Å². The lowest BCUT2D eigenvalue weighted by atomic mass is 10.0. The third-order valence-electron chi connectivity index (χ3n) is 5.44. The van der Waals surface area contributed by atoms with E-state index in [1.807, 2.05) is 66.4 Å². The Kier molecular flexibility index (Phi) is 6.84. The lowest BCUT2D eigenvalue weighted by molar-refractivity contribution is 0.0693. The Bertz CT molecular complexity index is 1230. The maximum atomic E-state index is 11.8. The number of anilines is 1. The highest BCUT2D eigenvalue weighted by Gasteiger charge is 2.24. The zero-order valence-electron chi connectivity index (χ0n) is 18.4. The number of hydrogen-bond donors (Lipinski definition) is 1. The Morgan fingerprint density at radius 2 is 1.79 bits per heavy atom. The minimum Gasteiger partial charge on any atom is -0.496 e. The van der Waals surface area contributed by atoms with Crippen molar-refractivity contribution in [2.24, 2.45) is 0 Å². The molecule has 3 aromatic rings. The third kappa shape index (κ3) is 4.96. The average Bonchev–Trinajstić information content (AvgIpc) is 2.83. The Balaban J connectivity index is 1.75. The molecule has 0 amide bonds. The van der Waals surface area contributed by atoms with Crippen molar-refractivity contribution in [2.45, 2.75) is 20.0 Å². The van der Waals surface area contributed by atoms with Crippen LogP contribution in [0.3, 0.4) is 0 Å². The first-order valence-electron chi connectivity index (χ1n) is 10.5. The van der Waals surface area contributed by atoms with E-state index in [9.17, 15) is 9.90 Å². The second-order valence-electron chi connectivity index (χ2n) is 7.61. The molecule has 0 aromatic heterocycles. The van der Waals surface area contributed by atoms with E-state index in [0.29, 0.717) is 12.4 Å². The van der Waals surface area contributed by atoms with Gasteiger partial charge < -0.3 is 19.5 Å². The predicted molar refractivity (Wildman–Crippen MR) is 134 cm³/mol. The molecule has 0 unspecified atom stereocenters. The van der Waals surface area contributed by atoms with Crippen LogP contribution in [0, 0.1) is 0 Å². The molecule has 33 heavy (non-hydrogen) atoms. The first-order chi connectivity index (χ1) is 16.0. The maximum Gasteiger partial charge on any atom is 0.339 e. The largest absolute Gasteiger partial charge is 0.496 e. The fourth-order valence-electron chi connectivity index (χ4n) is 3.85. The van der Waals surface area contributed by atoms with Crippen LogP contribution in [0.15, 0.2) is 89.1 Å². The molecule has 1 heterocycles. The molecule has 5 nitrogen and oxygen atoms in total. The predicted octanol–water partition coefficient (Wildman–Crippen LogP) is 6.89. The number of carboxylic acid groups (broad SMARTS) is 1. The first kappa shape index (κ1) is 22.7. The molecule has 0 atom stereocenters. The van der Waals surface area contributed by atoms with Crippen molar-refractivity contribution in [1.29, 1.82) is 0 Å². The highest BCUT2D eigenvalue weighted by molar-refractivity contribution is 9.10. The second kappa shape index (κ2) is 9.96. The summed E-state index contributed by atoms with van der Waals surface area (Å²) >= 11 is 3.59. The number of hydrogen-bond acceptors (Lipinski definition) is 4. The van der Waals surface area contributed by atoms with Gasteiger partial charge in [-0.1, -0.05) is 58.4 Å². The number of halogens is 1. The van der Waals surface area contributed by atoms with E-state index >= 15 is 0 Å². The molecule has 0 saturated carbocycles. The molecule has 4 rings (SSSR count). The van der Waals surface area contributed by atoms with Crippen LogP contribution in [0.1, 0.15) is 34.8 Å². The van der Waals surface area contributed by atoms with Crippen molar-refractivity contribution in [2.75, 3.05) is 12.0 Å². The van der Waals surface area contributed by atoms with Crippen molar-refractivity contribution in [1.82, 2.24) is 0 Å². The summed E-state index contributed by atoms with van der Waals surface area (Å²) < 4.78 is 12.4. The zero-order chi connectivity index (χ0) is 23.4. The summed E-state index contributed by atoms with van der Waals surface area (Å²) in [5, 5.41) is 9.67. The summed E-state index contributed by atoms with van der Waals surface area (Å²) in [4.78, 5) is 13.9. The third-order valence-corrected chi connectivity index (χ3v) is 5.94. The molecule has 1 N–H and O–H groups in total. The summed E-state index contributed by atoms with van der Waals surface area (Å²) in [6, 6.07) is 21.1. The molecule has 0 radical (unpaired) electrons. The van der Waals surface area contributed by atoms with Crippen molar-refractivity contribution >= 4 is 33.3 Å². The highest BCUT2D eigenvalue weighted by atomic mass is 79.9. The molecule has 0 bridgehead atoms. The number of carboxylic acids is 1. The number of benzene rings is 3. The van der Waals surface area contributed by atoms with Crippen molar-refractivity contribution in [3.05, 3.63) is 106 Å². The second-order valence-corrected chi connectivity index (χ2v) is 8.53. The summed E-state index contributed by atoms with van der Waals surface area (Å²) in [6.45, 7) is 2.46. The van der Waals surface area contributed by atoms with E-state index in [2.05, 4.69) is 28.1 Å². The Labute approximate surface area is 201 Å². The lowest BCUT2D eigenvalue weighted by Crippen LogP contribution is -2.22. The number of ether oxygens (including phenoxy) is 2. The molecule has 0 spiro atoms. The maximum absolute atomic E-state index is 11.8. The molecule has 1 aliphatic heterocycles. The van der Waals surface area contributed by atoms with Gasteiger partial charge in [0.2, 0.25) is 0 Å².